The number of nitrogens with two attached hydrogens (primary N) is 1. The predicted molar refractivity (Wildman–Crippen MR) is 110 cm³/mol. The lowest BCUT2D eigenvalue weighted by Gasteiger charge is -2.28. The number of hydrogen-bond donors (Lipinski definition) is 1. The molecule has 1 aromatic rings. The molecule has 1 saturated heterocycles. The fraction of sp³-hybridized carbons (Fsp3) is 0.476. The molecule has 152 valence electrons. The van der Waals surface area contributed by atoms with Crippen molar-refractivity contribution in [2.45, 2.75) is 46.6 Å². The van der Waals surface area contributed by atoms with E-state index in [9.17, 15) is 0 Å². The highest BCUT2D eigenvalue weighted by Gasteiger charge is 2.23. The highest BCUT2D eigenvalue weighted by molar-refractivity contribution is 5.82. The monoisotopic (exact) mass is 386 g/mol. The van der Waals surface area contributed by atoms with Crippen LogP contribution in [0, 0.1) is 6.92 Å². The Morgan fingerprint density at radius 3 is 2.61 bits per heavy atom. The Balaban J connectivity index is 1.85. The van der Waals surface area contributed by atoms with Gasteiger partial charge < -0.3 is 9.64 Å². The third-order valence-corrected chi connectivity index (χ3v) is 4.61. The van der Waals surface area contributed by atoms with Crippen LogP contribution in [-0.2, 0) is 9.78 Å². The average Bonchev–Trinajstić information content (AvgIpc) is 2.81. The Hall–Kier alpha value is -2.35. The summed E-state index contributed by atoms with van der Waals surface area (Å²) in [4.78, 5) is 17.2. The molecule has 0 saturated carbocycles. The molecule has 2 aliphatic rings. The van der Waals surface area contributed by atoms with Crippen molar-refractivity contribution in [1.82, 2.24) is 9.91 Å². The zero-order valence-corrected chi connectivity index (χ0v) is 17.1. The van der Waals surface area contributed by atoms with E-state index in [1.165, 1.54) is 16.2 Å². The Bertz CT molecular complexity index is 786. The van der Waals surface area contributed by atoms with E-state index in [0.717, 1.165) is 29.8 Å². The number of hydrazine groups is 1. The SMILES string of the molecule is CC1=CC=C(CN2COOCN(N)/C2=N\c2ccc(OC(C)C)c(C)c2)CC1. The number of rotatable bonds is 5. The van der Waals surface area contributed by atoms with Crippen LogP contribution in [0.4, 0.5) is 5.69 Å². The number of hydrogen-bond acceptors (Lipinski definition) is 5. The summed E-state index contributed by atoms with van der Waals surface area (Å²) in [7, 11) is 0. The molecule has 0 bridgehead atoms. The van der Waals surface area contributed by atoms with Crippen molar-refractivity contribution in [2.75, 3.05) is 20.0 Å². The third kappa shape index (κ3) is 5.34. The summed E-state index contributed by atoms with van der Waals surface area (Å²) in [6.45, 7) is 9.26. The molecule has 7 nitrogen and oxygen atoms in total. The molecule has 0 amide bonds. The van der Waals surface area contributed by atoms with Gasteiger partial charge in [0.2, 0.25) is 5.96 Å². The van der Waals surface area contributed by atoms with Gasteiger partial charge >= 0.3 is 0 Å². The van der Waals surface area contributed by atoms with Crippen LogP contribution in [0.1, 0.15) is 39.2 Å². The largest absolute Gasteiger partial charge is 0.491 e. The summed E-state index contributed by atoms with van der Waals surface area (Å²) >= 11 is 0. The molecule has 0 aromatic heterocycles. The molecule has 0 radical (unpaired) electrons. The second-order valence-corrected chi connectivity index (χ2v) is 7.53. The van der Waals surface area contributed by atoms with Gasteiger partial charge in [-0.05, 0) is 64.3 Å². The Morgan fingerprint density at radius 2 is 1.93 bits per heavy atom. The van der Waals surface area contributed by atoms with Crippen LogP contribution in [0.2, 0.25) is 0 Å². The van der Waals surface area contributed by atoms with E-state index in [-0.39, 0.29) is 19.6 Å². The Kier molecular flexibility index (Phi) is 6.72. The second-order valence-electron chi connectivity index (χ2n) is 7.53. The topological polar surface area (TPSA) is 72.6 Å². The van der Waals surface area contributed by atoms with Gasteiger partial charge in [0.05, 0.1) is 11.8 Å². The maximum atomic E-state index is 6.18. The molecule has 0 unspecified atom stereocenters. The maximum Gasteiger partial charge on any atom is 0.220 e. The lowest BCUT2D eigenvalue weighted by atomic mass is 9.99. The standard InChI is InChI=1S/C21H30N4O3/c1-15(2)28-20-10-9-19(11-17(20)4)23-21-24(13-26-27-14-25(21)22)12-18-7-5-16(3)6-8-18/h5,7,9-11,15H,6,8,12-14,22H2,1-4H3/b23-21-. The number of aryl methyl sites for hydroxylation is 1. The summed E-state index contributed by atoms with van der Waals surface area (Å²) in [6.07, 6.45) is 6.57. The zero-order valence-electron chi connectivity index (χ0n) is 17.1. The van der Waals surface area contributed by atoms with E-state index in [1.54, 1.807) is 0 Å². The van der Waals surface area contributed by atoms with Crippen molar-refractivity contribution in [3.8, 4) is 5.75 Å². The molecule has 0 spiro atoms. The van der Waals surface area contributed by atoms with Crippen molar-refractivity contribution in [3.05, 3.63) is 47.1 Å². The third-order valence-electron chi connectivity index (χ3n) is 4.61. The molecule has 2 N–H and O–H groups in total. The molecule has 0 atom stereocenters. The van der Waals surface area contributed by atoms with Crippen molar-refractivity contribution < 1.29 is 14.5 Å². The van der Waals surface area contributed by atoms with E-state index in [1.807, 2.05) is 43.9 Å². The molecule has 1 heterocycles. The summed E-state index contributed by atoms with van der Waals surface area (Å²) < 4.78 is 5.81. The molecular weight excluding hydrogens is 356 g/mol. The summed E-state index contributed by atoms with van der Waals surface area (Å²) in [6, 6.07) is 5.87. The van der Waals surface area contributed by atoms with Crippen molar-refractivity contribution in [2.24, 2.45) is 10.8 Å². The van der Waals surface area contributed by atoms with Crippen LogP contribution in [0.25, 0.3) is 0 Å². The lowest BCUT2D eigenvalue weighted by molar-refractivity contribution is -0.314. The first kappa shape index (κ1) is 20.4. The van der Waals surface area contributed by atoms with Crippen LogP contribution in [0.5, 0.6) is 5.75 Å². The van der Waals surface area contributed by atoms with Crippen molar-refractivity contribution in [1.29, 1.82) is 0 Å². The van der Waals surface area contributed by atoms with E-state index >= 15 is 0 Å². The number of ether oxygens (including phenoxy) is 1. The first-order chi connectivity index (χ1) is 13.4. The molecular formula is C21H30N4O3. The normalized spacial score (nSPS) is 19.6. The minimum atomic E-state index is 0.112. The number of aliphatic imine (C=N–C) groups is 1. The number of allylic oxidation sites excluding steroid dienone is 3. The summed E-state index contributed by atoms with van der Waals surface area (Å²) in [5.41, 5.74) is 4.54. The van der Waals surface area contributed by atoms with Crippen molar-refractivity contribution in [3.63, 3.8) is 0 Å². The molecule has 7 heteroatoms. The van der Waals surface area contributed by atoms with Crippen LogP contribution in [-0.4, -0.2) is 42.0 Å². The highest BCUT2D eigenvalue weighted by atomic mass is 17.2. The van der Waals surface area contributed by atoms with Crippen LogP contribution >= 0.6 is 0 Å². The summed E-state index contributed by atoms with van der Waals surface area (Å²) in [5, 5.41) is 1.46. The molecule has 1 aromatic carbocycles. The van der Waals surface area contributed by atoms with E-state index in [0.29, 0.717) is 12.5 Å². The molecule has 3 rings (SSSR count). The number of guanidine groups is 1. The Labute approximate surface area is 167 Å². The first-order valence-corrected chi connectivity index (χ1v) is 9.65. The number of nitrogens with zero attached hydrogens (tertiary/aromatic N) is 3. The average molecular weight is 386 g/mol. The summed E-state index contributed by atoms with van der Waals surface area (Å²) in [5.74, 6) is 7.65. The van der Waals surface area contributed by atoms with Gasteiger partial charge in [-0.15, -0.1) is 0 Å². The van der Waals surface area contributed by atoms with Gasteiger partial charge in [-0.3, -0.25) is 5.01 Å². The minimum Gasteiger partial charge on any atom is -0.491 e. The van der Waals surface area contributed by atoms with Gasteiger partial charge in [0.15, 0.2) is 13.5 Å². The van der Waals surface area contributed by atoms with E-state index < -0.39 is 0 Å². The molecule has 1 aliphatic heterocycles. The second kappa shape index (κ2) is 9.23. The van der Waals surface area contributed by atoms with Crippen LogP contribution in [0.15, 0.2) is 46.5 Å². The van der Waals surface area contributed by atoms with Gasteiger partial charge in [0.25, 0.3) is 0 Å². The van der Waals surface area contributed by atoms with E-state index in [2.05, 4.69) is 19.1 Å². The maximum absolute atomic E-state index is 6.18. The Morgan fingerprint density at radius 1 is 1.14 bits per heavy atom. The van der Waals surface area contributed by atoms with E-state index in [4.69, 9.17) is 25.3 Å². The molecule has 28 heavy (non-hydrogen) atoms. The zero-order chi connectivity index (χ0) is 20.1. The highest BCUT2D eigenvalue weighted by Crippen LogP contribution is 2.26. The predicted octanol–water partition coefficient (Wildman–Crippen LogP) is 3.79. The number of benzene rings is 1. The first-order valence-electron chi connectivity index (χ1n) is 9.65. The molecule has 1 fully saturated rings. The smallest absolute Gasteiger partial charge is 0.220 e. The van der Waals surface area contributed by atoms with Crippen LogP contribution < -0.4 is 10.6 Å². The van der Waals surface area contributed by atoms with Crippen LogP contribution in [0.3, 0.4) is 0 Å². The van der Waals surface area contributed by atoms with Gasteiger partial charge in [-0.1, -0.05) is 23.3 Å². The van der Waals surface area contributed by atoms with Crippen molar-refractivity contribution >= 4 is 11.6 Å². The fourth-order valence-corrected chi connectivity index (χ4v) is 3.11. The quantitative estimate of drug-likeness (QED) is 0.613. The fourth-order valence-electron chi connectivity index (χ4n) is 3.11. The van der Waals surface area contributed by atoms with Gasteiger partial charge in [0, 0.05) is 6.54 Å². The van der Waals surface area contributed by atoms with Gasteiger partial charge in [0.1, 0.15) is 5.75 Å². The molecule has 1 aliphatic carbocycles. The minimum absolute atomic E-state index is 0.112. The lowest BCUT2D eigenvalue weighted by Crippen LogP contribution is -2.47. The van der Waals surface area contributed by atoms with Gasteiger partial charge in [-0.25, -0.2) is 20.6 Å². The van der Waals surface area contributed by atoms with Gasteiger partial charge in [-0.2, -0.15) is 0 Å².